The first kappa shape index (κ1) is 16.4. The second-order valence-corrected chi connectivity index (χ2v) is 8.14. The number of benzene rings is 1. The van der Waals surface area contributed by atoms with Crippen molar-refractivity contribution in [2.24, 2.45) is 0 Å². The van der Waals surface area contributed by atoms with E-state index in [9.17, 15) is 13.6 Å². The van der Waals surface area contributed by atoms with Gasteiger partial charge in [-0.15, -0.1) is 0 Å². The van der Waals surface area contributed by atoms with Crippen molar-refractivity contribution in [1.29, 1.82) is 0 Å². The van der Waals surface area contributed by atoms with E-state index in [-0.39, 0.29) is 0 Å². The van der Waals surface area contributed by atoms with Gasteiger partial charge in [-0.2, -0.15) is 0 Å². The van der Waals surface area contributed by atoms with Crippen LogP contribution in [0.15, 0.2) is 42.6 Å². The van der Waals surface area contributed by atoms with E-state index in [4.69, 9.17) is 4.74 Å². The minimum absolute atomic E-state index is 0.415. The number of fused-ring (bicyclic) bond motifs is 1. The number of aromatic nitrogens is 1. The molecule has 2 aromatic rings. The molecule has 24 heavy (non-hydrogen) atoms. The lowest BCUT2D eigenvalue weighted by atomic mass is 10.0. The zero-order valence-electron chi connectivity index (χ0n) is 13.7. The monoisotopic (exact) mass is 349 g/mol. The number of nitrogens with zero attached hydrogens (tertiary/aromatic N) is 2. The maximum Gasteiger partial charge on any atom is 0.285 e. The third-order valence-corrected chi connectivity index (χ3v) is 4.16. The number of hydrogen-bond acceptors (Lipinski definition) is 5. The Kier molecular flexibility index (Phi) is 3.79. The number of anilines is 3. The van der Waals surface area contributed by atoms with Crippen molar-refractivity contribution < 1.29 is 17.9 Å². The predicted octanol–water partition coefficient (Wildman–Crippen LogP) is 2.00. The first-order valence-corrected chi connectivity index (χ1v) is 9.30. The lowest BCUT2D eigenvalue weighted by Gasteiger charge is -2.36. The van der Waals surface area contributed by atoms with E-state index in [0.29, 0.717) is 29.5 Å². The molecular weight excluding hydrogens is 330 g/mol. The zero-order valence-corrected chi connectivity index (χ0v) is 14.5. The smallest absolute Gasteiger partial charge is 0.285 e. The van der Waals surface area contributed by atoms with E-state index in [1.54, 1.807) is 36.4 Å². The third kappa shape index (κ3) is 3.38. The van der Waals surface area contributed by atoms with Crippen LogP contribution in [0.3, 0.4) is 0 Å². The van der Waals surface area contributed by atoms with Gasteiger partial charge in [-0.05, 0) is 32.0 Å². The van der Waals surface area contributed by atoms with Crippen LogP contribution in [0.1, 0.15) is 13.8 Å². The molecule has 0 saturated heterocycles. The highest BCUT2D eigenvalue weighted by molar-refractivity contribution is 7.92. The van der Waals surface area contributed by atoms with Crippen LogP contribution in [0.25, 0.3) is 0 Å². The Bertz CT molecular complexity index is 881. The Labute approximate surface area is 141 Å². The lowest BCUT2D eigenvalue weighted by molar-refractivity contribution is -0.592. The summed E-state index contributed by atoms with van der Waals surface area (Å²) in [6, 6.07) is 10.2. The number of nitrogens with one attached hydrogen (secondary N) is 1. The summed E-state index contributed by atoms with van der Waals surface area (Å²) in [7, 11) is -3.39. The fourth-order valence-corrected chi connectivity index (χ4v) is 3.28. The van der Waals surface area contributed by atoms with Crippen molar-refractivity contribution >= 4 is 27.2 Å². The molecule has 2 heterocycles. The van der Waals surface area contributed by atoms with E-state index in [2.05, 4.69) is 4.72 Å². The predicted molar refractivity (Wildman–Crippen MR) is 92.0 cm³/mol. The van der Waals surface area contributed by atoms with Gasteiger partial charge in [-0.1, -0.05) is 6.07 Å². The van der Waals surface area contributed by atoms with Gasteiger partial charge in [0.1, 0.15) is 12.1 Å². The molecular formula is C16H19N3O4S. The van der Waals surface area contributed by atoms with Gasteiger partial charge in [0.2, 0.25) is 10.0 Å². The molecule has 1 aromatic heterocycles. The van der Waals surface area contributed by atoms with Crippen molar-refractivity contribution in [2.75, 3.05) is 22.4 Å². The Morgan fingerprint density at radius 2 is 2.04 bits per heavy atom. The Hall–Kier alpha value is -2.48. The molecule has 0 bridgehead atoms. The van der Waals surface area contributed by atoms with Gasteiger partial charge in [-0.25, -0.2) is 18.0 Å². The van der Waals surface area contributed by atoms with E-state index in [1.165, 1.54) is 6.20 Å². The number of sulfonamides is 1. The maximum absolute atomic E-state index is 12.2. The molecule has 1 aromatic carbocycles. The number of rotatable bonds is 3. The van der Waals surface area contributed by atoms with Crippen LogP contribution in [-0.2, 0) is 10.0 Å². The Morgan fingerprint density at radius 1 is 1.29 bits per heavy atom. The average molecular weight is 349 g/mol. The molecule has 7 nitrogen and oxygen atoms in total. The topological polar surface area (TPSA) is 85.6 Å². The van der Waals surface area contributed by atoms with Gasteiger partial charge in [0.15, 0.2) is 11.4 Å². The molecule has 1 aliphatic heterocycles. The molecule has 1 aliphatic rings. The molecule has 128 valence electrons. The summed E-state index contributed by atoms with van der Waals surface area (Å²) >= 11 is 0. The van der Waals surface area contributed by atoms with Crippen LogP contribution in [0.4, 0.5) is 17.2 Å². The van der Waals surface area contributed by atoms with Crippen molar-refractivity contribution in [1.82, 2.24) is 0 Å². The molecule has 0 amide bonds. The molecule has 0 spiro atoms. The normalized spacial score (nSPS) is 16.2. The molecule has 0 saturated carbocycles. The Morgan fingerprint density at radius 3 is 2.71 bits per heavy atom. The maximum atomic E-state index is 12.2. The molecule has 0 aliphatic carbocycles. The standard InChI is InChI=1S/C16H19N3O4S/c1-16(2)11-18(15-6-4-5-9-19(15)20)13-10-12(17-24(3,21)22)7-8-14(13)23-16/h4-10,17H,11H2,1-3H3. The molecule has 0 unspecified atom stereocenters. The van der Waals surface area contributed by atoms with E-state index in [0.717, 1.165) is 11.0 Å². The van der Waals surface area contributed by atoms with Crippen LogP contribution in [-0.4, -0.2) is 26.8 Å². The molecule has 0 radical (unpaired) electrons. The van der Waals surface area contributed by atoms with E-state index >= 15 is 0 Å². The van der Waals surface area contributed by atoms with Gasteiger partial charge < -0.3 is 9.94 Å². The Balaban J connectivity index is 2.11. The number of hydrogen-bond donors (Lipinski definition) is 1. The third-order valence-electron chi connectivity index (χ3n) is 3.56. The second kappa shape index (κ2) is 5.55. The summed E-state index contributed by atoms with van der Waals surface area (Å²) in [5.41, 5.74) is 0.554. The molecule has 0 fully saturated rings. The van der Waals surface area contributed by atoms with Gasteiger partial charge >= 0.3 is 0 Å². The van der Waals surface area contributed by atoms with Crippen LogP contribution >= 0.6 is 0 Å². The SMILES string of the molecule is CC1(C)CN(c2cccc[n+]2[O-])c2cc(NS(C)(=O)=O)ccc2O1. The first-order chi connectivity index (χ1) is 11.1. The fraction of sp³-hybridized carbons (Fsp3) is 0.312. The van der Waals surface area contributed by atoms with Crippen molar-refractivity contribution in [3.05, 3.63) is 47.8 Å². The summed E-state index contributed by atoms with van der Waals surface area (Å²) < 4.78 is 32.1. The van der Waals surface area contributed by atoms with Crippen LogP contribution in [0.2, 0.25) is 0 Å². The molecule has 3 rings (SSSR count). The largest absolute Gasteiger partial charge is 0.711 e. The zero-order chi connectivity index (χ0) is 17.5. The molecule has 8 heteroatoms. The van der Waals surface area contributed by atoms with Crippen LogP contribution < -0.4 is 19.1 Å². The van der Waals surface area contributed by atoms with Gasteiger partial charge in [-0.3, -0.25) is 4.72 Å². The first-order valence-electron chi connectivity index (χ1n) is 7.41. The van der Waals surface area contributed by atoms with Crippen molar-refractivity contribution in [2.45, 2.75) is 19.4 Å². The summed E-state index contributed by atoms with van der Waals surface area (Å²) in [5, 5.41) is 12.2. The quantitative estimate of drug-likeness (QED) is 0.677. The number of pyridine rings is 1. The highest BCUT2D eigenvalue weighted by atomic mass is 32.2. The summed E-state index contributed by atoms with van der Waals surface area (Å²) in [5.74, 6) is 1.04. The van der Waals surface area contributed by atoms with Gasteiger partial charge in [0, 0.05) is 12.1 Å². The summed E-state index contributed by atoms with van der Waals surface area (Å²) in [4.78, 5) is 1.83. The molecule has 1 N–H and O–H groups in total. The van der Waals surface area contributed by atoms with Crippen molar-refractivity contribution in [3.63, 3.8) is 0 Å². The summed E-state index contributed by atoms with van der Waals surface area (Å²) in [6.07, 6.45) is 2.52. The van der Waals surface area contributed by atoms with E-state index in [1.807, 2.05) is 18.7 Å². The average Bonchev–Trinajstić information content (AvgIpc) is 2.45. The number of ether oxygens (including phenoxy) is 1. The van der Waals surface area contributed by atoms with Gasteiger partial charge in [0.25, 0.3) is 5.82 Å². The molecule has 0 atom stereocenters. The van der Waals surface area contributed by atoms with Crippen LogP contribution in [0, 0.1) is 5.21 Å². The highest BCUT2D eigenvalue weighted by Gasteiger charge is 2.38. The van der Waals surface area contributed by atoms with Gasteiger partial charge in [0.05, 0.1) is 18.1 Å². The van der Waals surface area contributed by atoms with Crippen molar-refractivity contribution in [3.8, 4) is 5.75 Å². The lowest BCUT2D eigenvalue weighted by Crippen LogP contribution is -2.48. The minimum Gasteiger partial charge on any atom is -0.711 e. The highest BCUT2D eigenvalue weighted by Crippen LogP contribution is 2.41. The fourth-order valence-electron chi connectivity index (χ4n) is 2.72. The van der Waals surface area contributed by atoms with E-state index < -0.39 is 15.6 Å². The van der Waals surface area contributed by atoms with Crippen LogP contribution in [0.5, 0.6) is 5.75 Å². The second-order valence-electron chi connectivity index (χ2n) is 6.39. The summed E-state index contributed by atoms with van der Waals surface area (Å²) in [6.45, 7) is 4.32. The minimum atomic E-state index is -3.39.